The number of hydrogen-bond donors (Lipinski definition) is 1. The van der Waals surface area contributed by atoms with Gasteiger partial charge in [0.05, 0.1) is 6.54 Å². The second kappa shape index (κ2) is 6.51. The van der Waals surface area contributed by atoms with E-state index in [0.29, 0.717) is 6.54 Å². The maximum Gasteiger partial charge on any atom is 0.328 e. The molecule has 1 rings (SSSR count). The van der Waals surface area contributed by atoms with E-state index in [1.165, 1.54) is 0 Å². The molecule has 0 heterocycles. The highest BCUT2D eigenvalue weighted by Gasteiger charge is 2.04. The molecule has 1 aromatic carbocycles. The Balaban J connectivity index is 2.98. The zero-order valence-electron chi connectivity index (χ0n) is 10.7. The first-order valence-corrected chi connectivity index (χ1v) is 5.78. The van der Waals surface area contributed by atoms with Crippen molar-refractivity contribution in [2.75, 3.05) is 18.0 Å². The minimum Gasteiger partial charge on any atom is -0.478 e. The highest BCUT2D eigenvalue weighted by atomic mass is 16.4. The zero-order valence-corrected chi connectivity index (χ0v) is 10.7. The molecule has 0 amide bonds. The van der Waals surface area contributed by atoms with Crippen molar-refractivity contribution in [2.45, 2.75) is 13.8 Å². The number of rotatable bonds is 5. The zero-order chi connectivity index (χ0) is 13.5. The van der Waals surface area contributed by atoms with Gasteiger partial charge in [0.25, 0.3) is 0 Å². The van der Waals surface area contributed by atoms with Crippen molar-refractivity contribution in [3.63, 3.8) is 0 Å². The number of aliphatic carboxylic acids is 1. The molecule has 0 aliphatic heterocycles. The van der Waals surface area contributed by atoms with Crippen molar-refractivity contribution in [3.05, 3.63) is 35.4 Å². The van der Waals surface area contributed by atoms with Gasteiger partial charge in [-0.3, -0.25) is 0 Å². The van der Waals surface area contributed by atoms with Gasteiger partial charge >= 0.3 is 5.97 Å². The van der Waals surface area contributed by atoms with E-state index < -0.39 is 5.97 Å². The van der Waals surface area contributed by atoms with Crippen molar-refractivity contribution in [2.24, 2.45) is 0 Å². The van der Waals surface area contributed by atoms with Crippen LogP contribution in [0.1, 0.15) is 18.1 Å². The first-order valence-electron chi connectivity index (χ1n) is 5.78. The number of carbonyl (C=O) groups is 1. The van der Waals surface area contributed by atoms with E-state index in [1.807, 2.05) is 32.0 Å². The molecular formula is C15H17NO2. The fraction of sp³-hybridized carbons (Fsp3) is 0.267. The summed E-state index contributed by atoms with van der Waals surface area (Å²) in [6, 6.07) is 5.88. The number of carboxylic acids is 1. The van der Waals surface area contributed by atoms with Crippen molar-refractivity contribution >= 4 is 17.7 Å². The highest BCUT2D eigenvalue weighted by Crippen LogP contribution is 2.20. The summed E-state index contributed by atoms with van der Waals surface area (Å²) in [4.78, 5) is 12.6. The van der Waals surface area contributed by atoms with E-state index in [-0.39, 0.29) is 0 Å². The predicted octanol–water partition coefficient (Wildman–Crippen LogP) is 2.55. The van der Waals surface area contributed by atoms with Crippen molar-refractivity contribution in [1.82, 2.24) is 0 Å². The van der Waals surface area contributed by atoms with E-state index in [0.717, 1.165) is 29.4 Å². The summed E-state index contributed by atoms with van der Waals surface area (Å²) in [5, 5.41) is 8.60. The number of anilines is 1. The van der Waals surface area contributed by atoms with Crippen LogP contribution < -0.4 is 4.90 Å². The van der Waals surface area contributed by atoms with Gasteiger partial charge in [-0.05, 0) is 43.2 Å². The van der Waals surface area contributed by atoms with Crippen LogP contribution in [0.25, 0.3) is 6.08 Å². The van der Waals surface area contributed by atoms with Crippen LogP contribution in [0.2, 0.25) is 0 Å². The van der Waals surface area contributed by atoms with Crippen molar-refractivity contribution in [1.29, 1.82) is 0 Å². The van der Waals surface area contributed by atoms with E-state index in [1.54, 1.807) is 6.08 Å². The van der Waals surface area contributed by atoms with Gasteiger partial charge in [0, 0.05) is 18.3 Å². The SMILES string of the molecule is C#CCN(CC)c1ccc(/C=C/C(=O)O)c(C)c1. The Bertz CT molecular complexity index is 498. The second-order valence-corrected chi connectivity index (χ2v) is 3.93. The molecule has 0 bridgehead atoms. The van der Waals surface area contributed by atoms with Crippen molar-refractivity contribution < 1.29 is 9.90 Å². The monoisotopic (exact) mass is 243 g/mol. The predicted molar refractivity (Wildman–Crippen MR) is 74.6 cm³/mol. The molecule has 0 radical (unpaired) electrons. The van der Waals surface area contributed by atoms with Gasteiger partial charge in [-0.1, -0.05) is 12.0 Å². The van der Waals surface area contributed by atoms with Crippen LogP contribution in [-0.4, -0.2) is 24.2 Å². The van der Waals surface area contributed by atoms with Crippen LogP contribution in [-0.2, 0) is 4.79 Å². The van der Waals surface area contributed by atoms with Crippen LogP contribution in [0.15, 0.2) is 24.3 Å². The Morgan fingerprint density at radius 3 is 2.78 bits per heavy atom. The van der Waals surface area contributed by atoms with E-state index >= 15 is 0 Å². The van der Waals surface area contributed by atoms with Crippen LogP contribution in [0, 0.1) is 19.3 Å². The molecule has 3 heteroatoms. The Kier molecular flexibility index (Phi) is 5.01. The summed E-state index contributed by atoms with van der Waals surface area (Å²) in [6.07, 6.45) is 8.06. The van der Waals surface area contributed by atoms with Gasteiger partial charge in [-0.25, -0.2) is 4.79 Å². The van der Waals surface area contributed by atoms with Gasteiger partial charge in [-0.15, -0.1) is 6.42 Å². The van der Waals surface area contributed by atoms with E-state index in [4.69, 9.17) is 11.5 Å². The minimum absolute atomic E-state index is 0.570. The van der Waals surface area contributed by atoms with Crippen LogP contribution in [0.3, 0.4) is 0 Å². The Hall–Kier alpha value is -2.21. The highest BCUT2D eigenvalue weighted by molar-refractivity contribution is 5.85. The minimum atomic E-state index is -0.944. The maximum absolute atomic E-state index is 10.5. The number of aryl methyl sites for hydroxylation is 1. The molecule has 0 saturated carbocycles. The lowest BCUT2D eigenvalue weighted by Crippen LogP contribution is -2.22. The molecule has 94 valence electrons. The van der Waals surface area contributed by atoms with E-state index in [9.17, 15) is 4.79 Å². The fourth-order valence-corrected chi connectivity index (χ4v) is 1.70. The largest absolute Gasteiger partial charge is 0.478 e. The molecule has 0 atom stereocenters. The van der Waals surface area contributed by atoms with Crippen LogP contribution >= 0.6 is 0 Å². The molecule has 1 N–H and O–H groups in total. The second-order valence-electron chi connectivity index (χ2n) is 3.93. The number of hydrogen-bond acceptors (Lipinski definition) is 2. The molecule has 0 saturated heterocycles. The molecule has 0 aliphatic carbocycles. The Morgan fingerprint density at radius 2 is 2.28 bits per heavy atom. The molecule has 0 unspecified atom stereocenters. The molecule has 3 nitrogen and oxygen atoms in total. The number of carboxylic acid groups (broad SMARTS) is 1. The van der Waals surface area contributed by atoms with Gasteiger partial charge < -0.3 is 10.0 Å². The molecule has 0 spiro atoms. The fourth-order valence-electron chi connectivity index (χ4n) is 1.70. The lowest BCUT2D eigenvalue weighted by atomic mass is 10.1. The summed E-state index contributed by atoms with van der Waals surface area (Å²) in [5.41, 5.74) is 2.99. The summed E-state index contributed by atoms with van der Waals surface area (Å²) >= 11 is 0. The third-order valence-electron chi connectivity index (χ3n) is 2.69. The van der Waals surface area contributed by atoms with Gasteiger partial charge in [-0.2, -0.15) is 0 Å². The molecule has 0 aromatic heterocycles. The summed E-state index contributed by atoms with van der Waals surface area (Å²) in [7, 11) is 0. The first kappa shape index (κ1) is 13.9. The van der Waals surface area contributed by atoms with Crippen molar-refractivity contribution in [3.8, 4) is 12.3 Å². The standard InChI is InChI=1S/C15H17NO2/c1-4-10-16(5-2)14-8-6-13(12(3)11-14)7-9-15(17)18/h1,6-9,11H,5,10H2,2-3H3,(H,17,18)/b9-7+. The van der Waals surface area contributed by atoms with Gasteiger partial charge in [0.15, 0.2) is 0 Å². The quantitative estimate of drug-likeness (QED) is 0.638. The summed E-state index contributed by atoms with van der Waals surface area (Å²) in [5.74, 6) is 1.68. The normalized spacial score (nSPS) is 10.3. The lowest BCUT2D eigenvalue weighted by Gasteiger charge is -2.21. The van der Waals surface area contributed by atoms with Crippen LogP contribution in [0.5, 0.6) is 0 Å². The van der Waals surface area contributed by atoms with Gasteiger partial charge in [0.2, 0.25) is 0 Å². The average Bonchev–Trinajstić information content (AvgIpc) is 2.34. The maximum atomic E-state index is 10.5. The molecule has 0 fully saturated rings. The molecule has 0 aliphatic rings. The third kappa shape index (κ3) is 3.67. The Morgan fingerprint density at radius 1 is 1.56 bits per heavy atom. The Labute approximate surface area is 108 Å². The molecule has 1 aromatic rings. The lowest BCUT2D eigenvalue weighted by molar-refractivity contribution is -0.131. The third-order valence-corrected chi connectivity index (χ3v) is 2.69. The first-order chi connectivity index (χ1) is 8.58. The summed E-state index contributed by atoms with van der Waals surface area (Å²) in [6.45, 7) is 5.41. The topological polar surface area (TPSA) is 40.5 Å². The average molecular weight is 243 g/mol. The number of terminal acetylenes is 1. The smallest absolute Gasteiger partial charge is 0.328 e. The summed E-state index contributed by atoms with van der Waals surface area (Å²) < 4.78 is 0. The van der Waals surface area contributed by atoms with Gasteiger partial charge in [0.1, 0.15) is 0 Å². The number of nitrogens with zero attached hydrogens (tertiary/aromatic N) is 1. The van der Waals surface area contributed by atoms with Crippen LogP contribution in [0.4, 0.5) is 5.69 Å². The van der Waals surface area contributed by atoms with E-state index in [2.05, 4.69) is 10.8 Å². The molecule has 18 heavy (non-hydrogen) atoms. The number of benzene rings is 1. The molecular weight excluding hydrogens is 226 g/mol.